The normalized spacial score (nSPS) is 10.5. The zero-order valence-electron chi connectivity index (χ0n) is 9.13. The van der Waals surface area contributed by atoms with E-state index in [0.717, 1.165) is 5.69 Å². The lowest BCUT2D eigenvalue weighted by Crippen LogP contribution is -1.98. The quantitative estimate of drug-likeness (QED) is 0.779. The lowest BCUT2D eigenvalue weighted by molar-refractivity contribution is 0.111. The number of nitrogens with zero attached hydrogens (tertiary/aromatic N) is 3. The monoisotopic (exact) mass is 251 g/mol. The minimum Gasteiger partial charge on any atom is -0.378 e. The summed E-state index contributed by atoms with van der Waals surface area (Å²) in [7, 11) is 1.54. The Morgan fingerprint density at radius 2 is 2.18 bits per heavy atom. The van der Waals surface area contributed by atoms with Crippen LogP contribution in [0.25, 0.3) is 5.69 Å². The van der Waals surface area contributed by atoms with Gasteiger partial charge in [-0.1, -0.05) is 11.6 Å². The number of pyridine rings is 1. The molecule has 0 fully saturated rings. The number of carbonyl (C=O) groups is 1. The van der Waals surface area contributed by atoms with Crippen LogP contribution in [0.15, 0.2) is 24.5 Å². The topological polar surface area (TPSA) is 57.0 Å². The molecule has 17 heavy (non-hydrogen) atoms. The summed E-state index contributed by atoms with van der Waals surface area (Å²) in [5.74, 6) is 0. The van der Waals surface area contributed by atoms with E-state index in [4.69, 9.17) is 16.3 Å². The van der Waals surface area contributed by atoms with Crippen molar-refractivity contribution in [2.45, 2.75) is 6.61 Å². The molecule has 0 radical (unpaired) electrons. The van der Waals surface area contributed by atoms with E-state index in [0.29, 0.717) is 17.5 Å². The molecule has 0 aliphatic rings. The number of aldehydes is 1. The van der Waals surface area contributed by atoms with Gasteiger partial charge in [0.2, 0.25) is 0 Å². The zero-order valence-corrected chi connectivity index (χ0v) is 9.89. The Labute approximate surface area is 103 Å². The van der Waals surface area contributed by atoms with Crippen molar-refractivity contribution in [1.29, 1.82) is 0 Å². The SMILES string of the molecule is COCc1nn(-c2ccncc2)c(Cl)c1C=O. The number of hydrogen-bond acceptors (Lipinski definition) is 4. The van der Waals surface area contributed by atoms with Crippen LogP contribution in [0.1, 0.15) is 16.1 Å². The number of ether oxygens (including phenoxy) is 1. The highest BCUT2D eigenvalue weighted by atomic mass is 35.5. The second-order valence-electron chi connectivity index (χ2n) is 3.32. The molecule has 2 aromatic heterocycles. The Hall–Kier alpha value is -1.72. The molecule has 0 amide bonds. The largest absolute Gasteiger partial charge is 0.378 e. The van der Waals surface area contributed by atoms with Crippen LogP contribution >= 0.6 is 11.6 Å². The minimum absolute atomic E-state index is 0.242. The Morgan fingerprint density at radius 3 is 2.76 bits per heavy atom. The molecule has 5 nitrogen and oxygen atoms in total. The van der Waals surface area contributed by atoms with E-state index in [1.807, 2.05) is 0 Å². The van der Waals surface area contributed by atoms with Crippen molar-refractivity contribution in [2.24, 2.45) is 0 Å². The molecule has 0 unspecified atom stereocenters. The van der Waals surface area contributed by atoms with E-state index in [-0.39, 0.29) is 11.8 Å². The van der Waals surface area contributed by atoms with E-state index in [9.17, 15) is 4.79 Å². The molecule has 6 heteroatoms. The zero-order chi connectivity index (χ0) is 12.3. The van der Waals surface area contributed by atoms with E-state index >= 15 is 0 Å². The number of hydrogen-bond donors (Lipinski definition) is 0. The number of rotatable bonds is 4. The van der Waals surface area contributed by atoms with Gasteiger partial charge in [-0.05, 0) is 12.1 Å². The van der Waals surface area contributed by atoms with Crippen molar-refractivity contribution in [3.63, 3.8) is 0 Å². The maximum Gasteiger partial charge on any atom is 0.155 e. The highest BCUT2D eigenvalue weighted by Gasteiger charge is 2.16. The van der Waals surface area contributed by atoms with E-state index in [2.05, 4.69) is 10.1 Å². The summed E-state index contributed by atoms with van der Waals surface area (Å²) in [6.45, 7) is 0.242. The lowest BCUT2D eigenvalue weighted by Gasteiger charge is -2.01. The number of carbonyl (C=O) groups excluding carboxylic acids is 1. The number of aromatic nitrogens is 3. The molecule has 0 aliphatic carbocycles. The first-order valence-corrected chi connectivity index (χ1v) is 5.27. The van der Waals surface area contributed by atoms with Gasteiger partial charge in [-0.2, -0.15) is 5.10 Å². The first-order valence-electron chi connectivity index (χ1n) is 4.90. The van der Waals surface area contributed by atoms with Crippen LogP contribution in [-0.4, -0.2) is 28.2 Å². The fraction of sp³-hybridized carbons (Fsp3) is 0.182. The maximum atomic E-state index is 11.0. The standard InChI is InChI=1S/C11H10ClN3O2/c1-17-7-10-9(6-16)11(12)15(14-10)8-2-4-13-5-3-8/h2-6H,7H2,1H3. The summed E-state index contributed by atoms with van der Waals surface area (Å²) < 4.78 is 6.46. The predicted octanol–water partition coefficient (Wildman–Crippen LogP) is 1.88. The molecule has 0 atom stereocenters. The molecule has 0 saturated carbocycles. The van der Waals surface area contributed by atoms with Gasteiger partial charge in [0.05, 0.1) is 17.9 Å². The van der Waals surface area contributed by atoms with Gasteiger partial charge in [-0.15, -0.1) is 0 Å². The summed E-state index contributed by atoms with van der Waals surface area (Å²) >= 11 is 6.09. The third-order valence-electron chi connectivity index (χ3n) is 2.25. The van der Waals surface area contributed by atoms with Crippen molar-refractivity contribution < 1.29 is 9.53 Å². The molecule has 0 N–H and O–H groups in total. The second kappa shape index (κ2) is 5.07. The van der Waals surface area contributed by atoms with Gasteiger partial charge in [-0.3, -0.25) is 9.78 Å². The predicted molar refractivity (Wildman–Crippen MR) is 62.5 cm³/mol. The highest BCUT2D eigenvalue weighted by Crippen LogP contribution is 2.22. The van der Waals surface area contributed by atoms with Crippen molar-refractivity contribution in [3.8, 4) is 5.69 Å². The summed E-state index contributed by atoms with van der Waals surface area (Å²) in [5, 5.41) is 4.52. The van der Waals surface area contributed by atoms with Gasteiger partial charge in [0, 0.05) is 19.5 Å². The smallest absolute Gasteiger partial charge is 0.155 e. The maximum absolute atomic E-state index is 11.0. The molecule has 2 aromatic rings. The van der Waals surface area contributed by atoms with Crippen LogP contribution in [0.5, 0.6) is 0 Å². The highest BCUT2D eigenvalue weighted by molar-refractivity contribution is 6.32. The van der Waals surface area contributed by atoms with Gasteiger partial charge in [0.15, 0.2) is 6.29 Å². The van der Waals surface area contributed by atoms with Crippen LogP contribution in [0, 0.1) is 0 Å². The van der Waals surface area contributed by atoms with Gasteiger partial charge in [0.1, 0.15) is 10.8 Å². The minimum atomic E-state index is 0.242. The molecule has 2 rings (SSSR count). The second-order valence-corrected chi connectivity index (χ2v) is 3.68. The molecule has 0 aromatic carbocycles. The van der Waals surface area contributed by atoms with Crippen LogP contribution < -0.4 is 0 Å². The first kappa shape index (κ1) is 11.8. The Balaban J connectivity index is 2.52. The van der Waals surface area contributed by atoms with Crippen molar-refractivity contribution in [1.82, 2.24) is 14.8 Å². The Kier molecular flexibility index (Phi) is 3.51. The van der Waals surface area contributed by atoms with Crippen molar-refractivity contribution in [2.75, 3.05) is 7.11 Å². The lowest BCUT2D eigenvalue weighted by atomic mass is 10.3. The van der Waals surface area contributed by atoms with Gasteiger partial charge in [-0.25, -0.2) is 4.68 Å². The van der Waals surface area contributed by atoms with Gasteiger partial charge in [0.25, 0.3) is 0 Å². The Bertz CT molecular complexity index is 525. The van der Waals surface area contributed by atoms with Crippen molar-refractivity contribution >= 4 is 17.9 Å². The average Bonchev–Trinajstić information content (AvgIpc) is 2.67. The molecule has 0 saturated heterocycles. The molecular formula is C11H10ClN3O2. The van der Waals surface area contributed by atoms with Crippen LogP contribution in [0.3, 0.4) is 0 Å². The number of halogens is 1. The van der Waals surface area contributed by atoms with Gasteiger partial charge < -0.3 is 4.74 Å². The Morgan fingerprint density at radius 1 is 1.47 bits per heavy atom. The third kappa shape index (κ3) is 2.20. The van der Waals surface area contributed by atoms with E-state index in [1.165, 1.54) is 11.8 Å². The van der Waals surface area contributed by atoms with Gasteiger partial charge >= 0.3 is 0 Å². The van der Waals surface area contributed by atoms with E-state index < -0.39 is 0 Å². The fourth-order valence-electron chi connectivity index (χ4n) is 1.47. The molecule has 88 valence electrons. The van der Waals surface area contributed by atoms with Crippen LogP contribution in [0.2, 0.25) is 5.15 Å². The fourth-order valence-corrected chi connectivity index (χ4v) is 1.76. The summed E-state index contributed by atoms with van der Waals surface area (Å²) in [6.07, 6.45) is 3.94. The van der Waals surface area contributed by atoms with E-state index in [1.54, 1.807) is 24.5 Å². The molecule has 0 aliphatic heterocycles. The summed E-state index contributed by atoms with van der Waals surface area (Å²) in [6, 6.07) is 3.51. The van der Waals surface area contributed by atoms with Crippen molar-refractivity contribution in [3.05, 3.63) is 40.9 Å². The summed E-state index contributed by atoms with van der Waals surface area (Å²) in [5.41, 5.74) is 1.62. The molecular weight excluding hydrogens is 242 g/mol. The summed E-state index contributed by atoms with van der Waals surface area (Å²) in [4.78, 5) is 14.9. The van der Waals surface area contributed by atoms with Crippen LogP contribution in [-0.2, 0) is 11.3 Å². The molecule has 0 spiro atoms. The number of methoxy groups -OCH3 is 1. The van der Waals surface area contributed by atoms with Crippen LogP contribution in [0.4, 0.5) is 0 Å². The third-order valence-corrected chi connectivity index (χ3v) is 2.61. The average molecular weight is 252 g/mol. The first-order chi connectivity index (χ1) is 8.27. The molecule has 0 bridgehead atoms. The molecule has 2 heterocycles.